The molecule has 0 spiro atoms. The maximum atomic E-state index is 13.1. The number of carbonyl (C=O) groups is 2. The molecule has 0 atom stereocenters. The van der Waals surface area contributed by atoms with Crippen molar-refractivity contribution in [3.05, 3.63) is 83.4 Å². The highest BCUT2D eigenvalue weighted by Crippen LogP contribution is 2.31. The Hall–Kier alpha value is -3.15. The van der Waals surface area contributed by atoms with Crippen molar-refractivity contribution in [1.82, 2.24) is 4.90 Å². The van der Waals surface area contributed by atoms with Crippen molar-refractivity contribution in [1.29, 1.82) is 0 Å². The van der Waals surface area contributed by atoms with Gasteiger partial charge < -0.3 is 10.2 Å². The fraction of sp³-hybridized carbons (Fsp3) is 0.286. The van der Waals surface area contributed by atoms with Gasteiger partial charge in [0.05, 0.1) is 6.42 Å². The Bertz CT molecular complexity index is 1190. The van der Waals surface area contributed by atoms with Crippen LogP contribution in [0.3, 0.4) is 0 Å². The standard InChI is InChI=1S/C28H29N3O2.ClH/c1-30-26-18-24(12-10-21(26)17-27(30)32)29-28(33)22-11-13-25(20-8-4-2-5-9-20)23(16-22)19-31-14-6-3-7-15-31;/h2,4-5,8-13,16,18H,3,6-7,14-15,17,19H2,1H3,(H,29,33);1H. The molecule has 1 N–H and O–H groups in total. The molecule has 1 saturated heterocycles. The van der Waals surface area contributed by atoms with Crippen molar-refractivity contribution in [3.63, 3.8) is 0 Å². The lowest BCUT2D eigenvalue weighted by Gasteiger charge is -2.27. The number of likely N-dealkylation sites (tertiary alicyclic amines) is 1. The normalized spacial score (nSPS) is 15.6. The van der Waals surface area contributed by atoms with Crippen LogP contribution in [0.5, 0.6) is 0 Å². The summed E-state index contributed by atoms with van der Waals surface area (Å²) in [6, 6.07) is 22.1. The number of nitrogens with zero attached hydrogens (tertiary/aromatic N) is 2. The molecule has 3 aromatic rings. The number of halogens is 1. The van der Waals surface area contributed by atoms with Crippen molar-refractivity contribution in [2.24, 2.45) is 0 Å². The fourth-order valence-corrected chi connectivity index (χ4v) is 4.85. The Labute approximate surface area is 207 Å². The van der Waals surface area contributed by atoms with Crippen LogP contribution in [0.2, 0.25) is 0 Å². The molecule has 2 aliphatic rings. The molecule has 5 rings (SSSR count). The van der Waals surface area contributed by atoms with Crippen LogP contribution in [0, 0.1) is 0 Å². The highest BCUT2D eigenvalue weighted by Gasteiger charge is 2.24. The molecule has 5 nitrogen and oxygen atoms in total. The minimum Gasteiger partial charge on any atom is -0.322 e. The summed E-state index contributed by atoms with van der Waals surface area (Å²) in [6.45, 7) is 3.05. The van der Waals surface area contributed by atoms with Gasteiger partial charge in [-0.05, 0) is 72.5 Å². The highest BCUT2D eigenvalue weighted by molar-refractivity contribution is 6.06. The van der Waals surface area contributed by atoms with Crippen LogP contribution >= 0.6 is 12.4 Å². The van der Waals surface area contributed by atoms with Crippen LogP contribution in [0.4, 0.5) is 11.4 Å². The van der Waals surface area contributed by atoms with Crippen LogP contribution in [0.1, 0.15) is 40.7 Å². The third-order valence-corrected chi connectivity index (χ3v) is 6.72. The first-order valence-corrected chi connectivity index (χ1v) is 11.7. The number of anilines is 2. The number of hydrogen-bond acceptors (Lipinski definition) is 3. The zero-order chi connectivity index (χ0) is 22.8. The topological polar surface area (TPSA) is 52.7 Å². The van der Waals surface area contributed by atoms with E-state index < -0.39 is 0 Å². The lowest BCUT2D eigenvalue weighted by molar-refractivity contribution is -0.117. The smallest absolute Gasteiger partial charge is 0.255 e. The average molecular weight is 476 g/mol. The van der Waals surface area contributed by atoms with Gasteiger partial charge in [0.2, 0.25) is 5.91 Å². The van der Waals surface area contributed by atoms with Gasteiger partial charge in [0.15, 0.2) is 0 Å². The first-order chi connectivity index (χ1) is 16.1. The summed E-state index contributed by atoms with van der Waals surface area (Å²) in [5, 5.41) is 3.02. The monoisotopic (exact) mass is 475 g/mol. The van der Waals surface area contributed by atoms with E-state index in [1.165, 1.54) is 36.0 Å². The second-order valence-corrected chi connectivity index (χ2v) is 9.00. The molecule has 3 aromatic carbocycles. The van der Waals surface area contributed by atoms with E-state index in [9.17, 15) is 9.59 Å². The van der Waals surface area contributed by atoms with Crippen molar-refractivity contribution < 1.29 is 9.59 Å². The molecule has 0 saturated carbocycles. The second kappa shape index (κ2) is 10.4. The molecular formula is C28H30ClN3O2. The largest absolute Gasteiger partial charge is 0.322 e. The summed E-state index contributed by atoms with van der Waals surface area (Å²) in [5.41, 5.74) is 6.73. The van der Waals surface area contributed by atoms with Crippen LogP contribution in [0.15, 0.2) is 66.7 Å². The minimum atomic E-state index is -0.138. The molecule has 2 amide bonds. The predicted molar refractivity (Wildman–Crippen MR) is 140 cm³/mol. The zero-order valence-electron chi connectivity index (χ0n) is 19.4. The number of benzene rings is 3. The van der Waals surface area contributed by atoms with Crippen LogP contribution < -0.4 is 10.2 Å². The molecule has 6 heteroatoms. The van der Waals surface area contributed by atoms with E-state index in [0.29, 0.717) is 17.7 Å². The van der Waals surface area contributed by atoms with Gasteiger partial charge >= 0.3 is 0 Å². The number of likely N-dealkylation sites (N-methyl/N-ethyl adjacent to an activating group) is 1. The first-order valence-electron chi connectivity index (χ1n) is 11.7. The summed E-state index contributed by atoms with van der Waals surface area (Å²) in [6.07, 6.45) is 4.18. The summed E-state index contributed by atoms with van der Waals surface area (Å²) in [4.78, 5) is 29.3. The van der Waals surface area contributed by atoms with Crippen molar-refractivity contribution in [3.8, 4) is 11.1 Å². The maximum absolute atomic E-state index is 13.1. The second-order valence-electron chi connectivity index (χ2n) is 9.00. The first kappa shape index (κ1) is 24.0. The van der Waals surface area contributed by atoms with Gasteiger partial charge in [0.1, 0.15) is 0 Å². The third-order valence-electron chi connectivity index (χ3n) is 6.72. The van der Waals surface area contributed by atoms with E-state index in [1.807, 2.05) is 36.4 Å². The van der Waals surface area contributed by atoms with Gasteiger partial charge in [-0.1, -0.05) is 48.9 Å². The fourth-order valence-electron chi connectivity index (χ4n) is 4.85. The van der Waals surface area contributed by atoms with Gasteiger partial charge in [-0.25, -0.2) is 0 Å². The summed E-state index contributed by atoms with van der Waals surface area (Å²) in [7, 11) is 1.77. The Kier molecular flexibility index (Phi) is 7.35. The molecule has 0 bridgehead atoms. The molecule has 176 valence electrons. The quantitative estimate of drug-likeness (QED) is 0.527. The zero-order valence-corrected chi connectivity index (χ0v) is 20.2. The summed E-state index contributed by atoms with van der Waals surface area (Å²) >= 11 is 0. The minimum absolute atomic E-state index is 0. The van der Waals surface area contributed by atoms with Crippen molar-refractivity contribution in [2.75, 3.05) is 30.4 Å². The number of carbonyl (C=O) groups excluding carboxylic acids is 2. The SMILES string of the molecule is CN1C(=O)Cc2ccc(NC(=O)c3ccc(-c4ccccc4)c(CN4CCCCC4)c3)cc21.Cl. The Morgan fingerprint density at radius 3 is 2.47 bits per heavy atom. The van der Waals surface area contributed by atoms with E-state index in [0.717, 1.165) is 30.9 Å². The molecule has 0 unspecified atom stereocenters. The Morgan fingerprint density at radius 2 is 1.71 bits per heavy atom. The lowest BCUT2D eigenvalue weighted by atomic mass is 9.96. The average Bonchev–Trinajstić information content (AvgIpc) is 3.13. The van der Waals surface area contributed by atoms with E-state index in [-0.39, 0.29) is 24.2 Å². The molecule has 2 heterocycles. The van der Waals surface area contributed by atoms with E-state index in [1.54, 1.807) is 11.9 Å². The molecule has 34 heavy (non-hydrogen) atoms. The van der Waals surface area contributed by atoms with Crippen molar-refractivity contribution >= 4 is 35.6 Å². The molecule has 0 aromatic heterocycles. The van der Waals surface area contributed by atoms with E-state index in [2.05, 4.69) is 40.5 Å². The Balaban J connectivity index is 0.00000274. The number of rotatable bonds is 5. The predicted octanol–water partition coefficient (Wildman–Crippen LogP) is 5.53. The Morgan fingerprint density at radius 1 is 0.941 bits per heavy atom. The number of nitrogens with one attached hydrogen (secondary N) is 1. The highest BCUT2D eigenvalue weighted by atomic mass is 35.5. The molecule has 0 aliphatic carbocycles. The molecule has 0 radical (unpaired) electrons. The van der Waals surface area contributed by atoms with Gasteiger partial charge in [-0.3, -0.25) is 14.5 Å². The molecular weight excluding hydrogens is 446 g/mol. The number of piperidine rings is 1. The van der Waals surface area contributed by atoms with Crippen LogP contribution in [0.25, 0.3) is 11.1 Å². The number of hydrogen-bond donors (Lipinski definition) is 1. The van der Waals surface area contributed by atoms with Crippen LogP contribution in [-0.2, 0) is 17.8 Å². The van der Waals surface area contributed by atoms with Gasteiger partial charge in [0.25, 0.3) is 5.91 Å². The summed E-state index contributed by atoms with van der Waals surface area (Å²) < 4.78 is 0. The number of fused-ring (bicyclic) bond motifs is 1. The lowest BCUT2D eigenvalue weighted by Crippen LogP contribution is -2.29. The van der Waals surface area contributed by atoms with Gasteiger partial charge in [0, 0.05) is 30.5 Å². The number of amides is 2. The van der Waals surface area contributed by atoms with Gasteiger partial charge in [-0.2, -0.15) is 0 Å². The van der Waals surface area contributed by atoms with Crippen LogP contribution in [-0.4, -0.2) is 36.9 Å². The third kappa shape index (κ3) is 5.01. The van der Waals surface area contributed by atoms with E-state index in [4.69, 9.17) is 0 Å². The van der Waals surface area contributed by atoms with E-state index >= 15 is 0 Å². The molecule has 2 aliphatic heterocycles. The van der Waals surface area contributed by atoms with Crippen molar-refractivity contribution in [2.45, 2.75) is 32.2 Å². The molecule has 1 fully saturated rings. The van der Waals surface area contributed by atoms with Gasteiger partial charge in [-0.15, -0.1) is 12.4 Å². The summed E-state index contributed by atoms with van der Waals surface area (Å²) in [5.74, 6) is -0.0613. The maximum Gasteiger partial charge on any atom is 0.255 e.